The van der Waals surface area contributed by atoms with Gasteiger partial charge in [0.05, 0.1) is 6.04 Å². The van der Waals surface area contributed by atoms with Crippen molar-refractivity contribution in [2.45, 2.75) is 26.1 Å². The zero-order valence-corrected chi connectivity index (χ0v) is 18.5. The highest BCUT2D eigenvalue weighted by molar-refractivity contribution is 5.99. The highest BCUT2D eigenvalue weighted by atomic mass is 19.4. The summed E-state index contributed by atoms with van der Waals surface area (Å²) in [6.07, 6.45) is -4.59. The number of rotatable bonds is 6. The lowest BCUT2D eigenvalue weighted by Crippen LogP contribution is -2.12. The van der Waals surface area contributed by atoms with Crippen molar-refractivity contribution in [2.75, 3.05) is 5.32 Å². The van der Waals surface area contributed by atoms with Gasteiger partial charge in [0.1, 0.15) is 11.4 Å². The smallest absolute Gasteiger partial charge is 0.348 e. The van der Waals surface area contributed by atoms with Crippen LogP contribution in [0, 0.1) is 0 Å². The maximum atomic E-state index is 13.2. The molecule has 0 unspecified atom stereocenters. The molecule has 0 bridgehead atoms. The highest BCUT2D eigenvalue weighted by Gasteiger charge is 2.32. The van der Waals surface area contributed by atoms with Gasteiger partial charge in [0.25, 0.3) is 5.95 Å². The Bertz CT molecular complexity index is 1290. The fraction of sp³-hybridized carbons (Fsp3) is 0.160. The fourth-order valence-corrected chi connectivity index (χ4v) is 3.22. The predicted molar refractivity (Wildman–Crippen MR) is 125 cm³/mol. The molecule has 2 aromatic carbocycles. The molecule has 2 heterocycles. The van der Waals surface area contributed by atoms with Crippen molar-refractivity contribution in [2.24, 2.45) is 4.99 Å². The Hall–Kier alpha value is -4.14. The average Bonchev–Trinajstić information content (AvgIpc) is 2.84. The molecule has 0 aliphatic carbocycles. The zero-order chi connectivity index (χ0) is 24.1. The number of nitrogens with zero attached hydrogens (tertiary/aromatic N) is 5. The van der Waals surface area contributed by atoms with Crippen LogP contribution >= 0.6 is 0 Å². The Balaban J connectivity index is 1.76. The summed E-state index contributed by atoms with van der Waals surface area (Å²) < 4.78 is 39.6. The van der Waals surface area contributed by atoms with Crippen LogP contribution in [0.4, 0.5) is 25.1 Å². The second kappa shape index (κ2) is 9.78. The molecule has 0 radical (unpaired) electrons. The first-order chi connectivity index (χ1) is 16.3. The summed E-state index contributed by atoms with van der Waals surface area (Å²) in [5.41, 5.74) is 1.46. The van der Waals surface area contributed by atoms with Gasteiger partial charge in [0, 0.05) is 5.71 Å². The standard InChI is InChI=1S/C25H21F3N6/c1-16(18-10-5-3-6-11-18)29-23-32-22(20-14-9-15-21(31-20)25(26,27)28)33-24(34-23)30-17(2)19-12-7-4-8-13-19/h3-16H,1-2H3,(H,29,32,33,34)/b30-17+/t16-/m0/s1. The van der Waals surface area contributed by atoms with E-state index in [-0.39, 0.29) is 29.5 Å². The van der Waals surface area contributed by atoms with Gasteiger partial charge in [-0.3, -0.25) is 0 Å². The summed E-state index contributed by atoms with van der Waals surface area (Å²) in [4.78, 5) is 21.2. The van der Waals surface area contributed by atoms with E-state index in [0.29, 0.717) is 5.71 Å². The molecule has 4 aromatic rings. The highest BCUT2D eigenvalue weighted by Crippen LogP contribution is 2.29. The number of aliphatic imine (C=N–C) groups is 1. The Morgan fingerprint density at radius 1 is 0.824 bits per heavy atom. The summed E-state index contributed by atoms with van der Waals surface area (Å²) >= 11 is 0. The summed E-state index contributed by atoms with van der Waals surface area (Å²) in [6, 6.07) is 22.5. The molecule has 0 spiro atoms. The first kappa shape index (κ1) is 23.0. The van der Waals surface area contributed by atoms with Crippen LogP contribution in [0.1, 0.15) is 36.7 Å². The van der Waals surface area contributed by atoms with Crippen LogP contribution < -0.4 is 5.32 Å². The van der Waals surface area contributed by atoms with E-state index < -0.39 is 11.9 Å². The van der Waals surface area contributed by atoms with Crippen molar-refractivity contribution < 1.29 is 13.2 Å². The van der Waals surface area contributed by atoms with E-state index in [2.05, 4.69) is 30.2 Å². The van der Waals surface area contributed by atoms with Crippen LogP contribution in [-0.4, -0.2) is 25.6 Å². The molecule has 0 aliphatic heterocycles. The van der Waals surface area contributed by atoms with Gasteiger partial charge < -0.3 is 5.32 Å². The normalized spacial score (nSPS) is 12.9. The molecule has 0 saturated heterocycles. The maximum Gasteiger partial charge on any atom is 0.433 e. The van der Waals surface area contributed by atoms with Gasteiger partial charge in [-0.05, 0) is 37.1 Å². The lowest BCUT2D eigenvalue weighted by Gasteiger charge is -2.15. The van der Waals surface area contributed by atoms with Crippen molar-refractivity contribution in [1.82, 2.24) is 19.9 Å². The Labute approximate surface area is 194 Å². The predicted octanol–water partition coefficient (Wildman–Crippen LogP) is 6.27. The molecule has 2 aromatic heterocycles. The molecule has 6 nitrogen and oxygen atoms in total. The molecule has 0 fully saturated rings. The Morgan fingerprint density at radius 3 is 2.18 bits per heavy atom. The van der Waals surface area contributed by atoms with Crippen molar-refractivity contribution in [3.63, 3.8) is 0 Å². The van der Waals surface area contributed by atoms with E-state index in [4.69, 9.17) is 0 Å². The molecule has 172 valence electrons. The molecular formula is C25H21F3N6. The molecular weight excluding hydrogens is 441 g/mol. The van der Waals surface area contributed by atoms with Gasteiger partial charge in [-0.25, -0.2) is 9.98 Å². The van der Waals surface area contributed by atoms with E-state index >= 15 is 0 Å². The minimum absolute atomic E-state index is 0.0107. The Kier molecular flexibility index (Phi) is 6.62. The maximum absolute atomic E-state index is 13.2. The van der Waals surface area contributed by atoms with Crippen molar-refractivity contribution >= 4 is 17.6 Å². The Morgan fingerprint density at radius 2 is 1.50 bits per heavy atom. The minimum atomic E-state index is -4.59. The minimum Gasteiger partial charge on any atom is -0.348 e. The monoisotopic (exact) mass is 462 g/mol. The third-order valence-electron chi connectivity index (χ3n) is 5.00. The van der Waals surface area contributed by atoms with Gasteiger partial charge in [-0.2, -0.15) is 28.1 Å². The van der Waals surface area contributed by atoms with E-state index in [1.807, 2.05) is 67.6 Å². The molecule has 0 saturated carbocycles. The van der Waals surface area contributed by atoms with E-state index in [1.54, 1.807) is 6.92 Å². The van der Waals surface area contributed by atoms with Crippen LogP contribution in [0.2, 0.25) is 0 Å². The number of halogens is 3. The zero-order valence-electron chi connectivity index (χ0n) is 18.5. The van der Waals surface area contributed by atoms with Gasteiger partial charge >= 0.3 is 6.18 Å². The number of hydrogen-bond donors (Lipinski definition) is 1. The number of benzene rings is 2. The number of alkyl halides is 3. The van der Waals surface area contributed by atoms with Crippen molar-refractivity contribution in [3.8, 4) is 11.5 Å². The van der Waals surface area contributed by atoms with Gasteiger partial charge in [0.15, 0.2) is 5.82 Å². The first-order valence-electron chi connectivity index (χ1n) is 10.5. The largest absolute Gasteiger partial charge is 0.433 e. The van der Waals surface area contributed by atoms with Crippen molar-refractivity contribution in [1.29, 1.82) is 0 Å². The van der Waals surface area contributed by atoms with Crippen LogP contribution in [0.25, 0.3) is 11.5 Å². The van der Waals surface area contributed by atoms with E-state index in [9.17, 15) is 13.2 Å². The van der Waals surface area contributed by atoms with Crippen LogP contribution in [-0.2, 0) is 6.18 Å². The number of nitrogens with one attached hydrogen (secondary N) is 1. The lowest BCUT2D eigenvalue weighted by molar-refractivity contribution is -0.141. The summed E-state index contributed by atoms with van der Waals surface area (Å²) in [5.74, 6) is 0.233. The third kappa shape index (κ3) is 5.61. The lowest BCUT2D eigenvalue weighted by atomic mass is 10.1. The summed E-state index contributed by atoms with van der Waals surface area (Å²) in [5, 5.41) is 3.19. The van der Waals surface area contributed by atoms with Crippen LogP contribution in [0.15, 0.2) is 83.9 Å². The number of pyridine rings is 1. The SMILES string of the molecule is C/C(=N\c1nc(N[C@@H](C)c2ccccc2)nc(-c2cccc(C(F)(F)F)n2)n1)c1ccccc1. The topological polar surface area (TPSA) is 76.0 Å². The number of aromatic nitrogens is 4. The van der Waals surface area contributed by atoms with Gasteiger partial charge in [-0.1, -0.05) is 66.7 Å². The average molecular weight is 462 g/mol. The second-order valence-corrected chi connectivity index (χ2v) is 7.53. The molecule has 9 heteroatoms. The summed E-state index contributed by atoms with van der Waals surface area (Å²) in [7, 11) is 0. The molecule has 0 amide bonds. The fourth-order valence-electron chi connectivity index (χ4n) is 3.22. The molecule has 34 heavy (non-hydrogen) atoms. The molecule has 1 N–H and O–H groups in total. The molecule has 1 atom stereocenters. The van der Waals surface area contributed by atoms with Gasteiger partial charge in [-0.15, -0.1) is 0 Å². The second-order valence-electron chi connectivity index (χ2n) is 7.53. The number of hydrogen-bond acceptors (Lipinski definition) is 6. The van der Waals surface area contributed by atoms with Crippen LogP contribution in [0.5, 0.6) is 0 Å². The first-order valence-corrected chi connectivity index (χ1v) is 10.5. The van der Waals surface area contributed by atoms with Crippen molar-refractivity contribution in [3.05, 3.63) is 95.7 Å². The molecule has 0 aliphatic rings. The summed E-state index contributed by atoms with van der Waals surface area (Å²) in [6.45, 7) is 3.74. The number of anilines is 1. The van der Waals surface area contributed by atoms with E-state index in [0.717, 1.165) is 17.2 Å². The van der Waals surface area contributed by atoms with E-state index in [1.165, 1.54) is 12.1 Å². The third-order valence-corrected chi connectivity index (χ3v) is 5.00. The quantitative estimate of drug-likeness (QED) is 0.342. The molecule has 4 rings (SSSR count). The van der Waals surface area contributed by atoms with Crippen LogP contribution in [0.3, 0.4) is 0 Å². The van der Waals surface area contributed by atoms with Gasteiger partial charge in [0.2, 0.25) is 5.95 Å².